The van der Waals surface area contributed by atoms with Gasteiger partial charge in [0.15, 0.2) is 12.6 Å². The van der Waals surface area contributed by atoms with Crippen LogP contribution in [-0.2, 0) is 18.9 Å². The van der Waals surface area contributed by atoms with Crippen LogP contribution >= 0.6 is 0 Å². The number of rotatable bonds is 3. The molecular weight excluding hydrogens is 300 g/mol. The monoisotopic (exact) mass is 324 g/mol. The van der Waals surface area contributed by atoms with Gasteiger partial charge in [0.2, 0.25) is 0 Å². The molecule has 5 N–H and O–H groups in total. The van der Waals surface area contributed by atoms with Crippen LogP contribution in [0.25, 0.3) is 0 Å². The molecule has 2 aliphatic rings. The molecule has 9 heteroatoms. The smallest absolute Gasteiger partial charge is 0.187 e. The van der Waals surface area contributed by atoms with Crippen molar-refractivity contribution in [1.82, 2.24) is 0 Å². The molecule has 2 saturated heterocycles. The van der Waals surface area contributed by atoms with Crippen molar-refractivity contribution in [2.75, 3.05) is 7.11 Å². The Hall–Kier alpha value is -0.360. The van der Waals surface area contributed by atoms with Crippen molar-refractivity contribution in [3.63, 3.8) is 0 Å². The highest BCUT2D eigenvalue weighted by molar-refractivity contribution is 4.92. The van der Waals surface area contributed by atoms with E-state index in [-0.39, 0.29) is 0 Å². The van der Waals surface area contributed by atoms with E-state index in [4.69, 9.17) is 18.9 Å². The number of hydrogen-bond acceptors (Lipinski definition) is 9. The third-order valence-corrected chi connectivity index (χ3v) is 4.12. The van der Waals surface area contributed by atoms with E-state index in [0.29, 0.717) is 0 Å². The number of hydrogen-bond donors (Lipinski definition) is 5. The quantitative estimate of drug-likeness (QED) is 0.376. The Morgan fingerprint density at radius 2 is 1.18 bits per heavy atom. The molecule has 9 nitrogen and oxygen atoms in total. The summed E-state index contributed by atoms with van der Waals surface area (Å²) in [5, 5.41) is 49.3. The van der Waals surface area contributed by atoms with Crippen molar-refractivity contribution in [2.45, 2.75) is 75.3 Å². The van der Waals surface area contributed by atoms with E-state index in [1.165, 1.54) is 14.0 Å². The van der Waals surface area contributed by atoms with Crippen molar-refractivity contribution in [3.05, 3.63) is 0 Å². The van der Waals surface area contributed by atoms with E-state index in [2.05, 4.69) is 0 Å². The van der Waals surface area contributed by atoms with Gasteiger partial charge in [0.1, 0.15) is 36.6 Å². The summed E-state index contributed by atoms with van der Waals surface area (Å²) in [5.74, 6) is 0. The Morgan fingerprint density at radius 1 is 0.682 bits per heavy atom. The SMILES string of the molecule is COC1OC(C)C(O)C(O)C1OC1OC(C)C(O)C(O)C1O. The fraction of sp³-hybridized carbons (Fsp3) is 1.00. The maximum Gasteiger partial charge on any atom is 0.187 e. The molecule has 0 aromatic rings. The molecule has 0 amide bonds. The molecule has 0 aromatic heterocycles. The second-order valence-electron chi connectivity index (χ2n) is 5.71. The Balaban J connectivity index is 2.10. The van der Waals surface area contributed by atoms with Crippen LogP contribution in [0.1, 0.15) is 13.8 Å². The Labute approximate surface area is 128 Å². The van der Waals surface area contributed by atoms with E-state index in [0.717, 1.165) is 0 Å². The minimum atomic E-state index is -1.52. The van der Waals surface area contributed by atoms with Crippen LogP contribution in [-0.4, -0.2) is 94.1 Å². The molecule has 0 aromatic carbocycles. The van der Waals surface area contributed by atoms with Gasteiger partial charge in [-0.2, -0.15) is 0 Å². The average Bonchev–Trinajstić information content (AvgIpc) is 2.50. The zero-order valence-electron chi connectivity index (χ0n) is 12.6. The molecule has 0 aliphatic carbocycles. The van der Waals surface area contributed by atoms with Gasteiger partial charge in [-0.1, -0.05) is 0 Å². The van der Waals surface area contributed by atoms with Gasteiger partial charge in [-0.25, -0.2) is 0 Å². The van der Waals surface area contributed by atoms with Gasteiger partial charge in [0.25, 0.3) is 0 Å². The fourth-order valence-corrected chi connectivity index (χ4v) is 2.62. The number of ether oxygens (including phenoxy) is 4. The summed E-state index contributed by atoms with van der Waals surface area (Å²) < 4.78 is 21.2. The van der Waals surface area contributed by atoms with Gasteiger partial charge in [-0.3, -0.25) is 0 Å². The summed E-state index contributed by atoms with van der Waals surface area (Å²) >= 11 is 0. The summed E-state index contributed by atoms with van der Waals surface area (Å²) in [6.07, 6.45) is -11.6. The van der Waals surface area contributed by atoms with Crippen LogP contribution in [0, 0.1) is 0 Å². The second-order valence-corrected chi connectivity index (χ2v) is 5.71. The van der Waals surface area contributed by atoms with Crippen LogP contribution in [0.15, 0.2) is 0 Å². The summed E-state index contributed by atoms with van der Waals surface area (Å²) in [4.78, 5) is 0. The van der Waals surface area contributed by atoms with Gasteiger partial charge >= 0.3 is 0 Å². The molecule has 0 bridgehead atoms. The first-order valence-electron chi connectivity index (χ1n) is 7.17. The van der Waals surface area contributed by atoms with Gasteiger partial charge in [0.05, 0.1) is 12.2 Å². The first-order valence-corrected chi connectivity index (χ1v) is 7.17. The van der Waals surface area contributed by atoms with Crippen LogP contribution < -0.4 is 0 Å². The normalized spacial score (nSPS) is 53.5. The predicted molar refractivity (Wildman–Crippen MR) is 70.6 cm³/mol. The van der Waals surface area contributed by atoms with Crippen molar-refractivity contribution >= 4 is 0 Å². The summed E-state index contributed by atoms with van der Waals surface area (Å²) in [7, 11) is 1.34. The maximum absolute atomic E-state index is 10.1. The van der Waals surface area contributed by atoms with Crippen molar-refractivity contribution in [3.8, 4) is 0 Å². The zero-order valence-corrected chi connectivity index (χ0v) is 12.6. The Kier molecular flexibility index (Phi) is 5.75. The Bertz CT molecular complexity index is 365. The van der Waals surface area contributed by atoms with Gasteiger partial charge in [-0.05, 0) is 13.8 Å². The Morgan fingerprint density at radius 3 is 1.73 bits per heavy atom. The lowest BCUT2D eigenvalue weighted by atomic mass is 9.98. The molecule has 2 rings (SSSR count). The van der Waals surface area contributed by atoms with E-state index >= 15 is 0 Å². The van der Waals surface area contributed by atoms with Crippen molar-refractivity contribution < 1.29 is 44.5 Å². The topological polar surface area (TPSA) is 138 Å². The number of aliphatic hydroxyl groups excluding tert-OH is 5. The van der Waals surface area contributed by atoms with E-state index in [9.17, 15) is 25.5 Å². The first kappa shape index (κ1) is 18.0. The highest BCUT2D eigenvalue weighted by Gasteiger charge is 2.49. The molecule has 0 saturated carbocycles. The first-order chi connectivity index (χ1) is 10.3. The van der Waals surface area contributed by atoms with E-state index < -0.39 is 61.4 Å². The fourth-order valence-electron chi connectivity index (χ4n) is 2.62. The highest BCUT2D eigenvalue weighted by Crippen LogP contribution is 2.29. The molecule has 0 spiro atoms. The second kappa shape index (κ2) is 7.04. The molecule has 2 aliphatic heterocycles. The number of methoxy groups -OCH3 is 1. The van der Waals surface area contributed by atoms with Crippen LogP contribution in [0.5, 0.6) is 0 Å². The van der Waals surface area contributed by atoms with Crippen molar-refractivity contribution in [1.29, 1.82) is 0 Å². The predicted octanol–water partition coefficient (Wildman–Crippen LogP) is -2.69. The zero-order chi connectivity index (χ0) is 16.6. The third-order valence-electron chi connectivity index (χ3n) is 4.12. The minimum Gasteiger partial charge on any atom is -0.388 e. The third kappa shape index (κ3) is 3.28. The summed E-state index contributed by atoms with van der Waals surface area (Å²) in [5.41, 5.74) is 0. The molecule has 10 atom stereocenters. The minimum absolute atomic E-state index is 0.664. The van der Waals surface area contributed by atoms with Crippen LogP contribution in [0.3, 0.4) is 0 Å². The maximum atomic E-state index is 10.1. The molecular formula is C13H24O9. The molecule has 2 heterocycles. The van der Waals surface area contributed by atoms with Crippen LogP contribution in [0.2, 0.25) is 0 Å². The summed E-state index contributed by atoms with van der Waals surface area (Å²) in [6.45, 7) is 3.08. The lowest BCUT2D eigenvalue weighted by Crippen LogP contribution is -2.63. The van der Waals surface area contributed by atoms with Crippen LogP contribution in [0.4, 0.5) is 0 Å². The lowest BCUT2D eigenvalue weighted by Gasteiger charge is -2.45. The molecule has 22 heavy (non-hydrogen) atoms. The van der Waals surface area contributed by atoms with Gasteiger partial charge < -0.3 is 44.5 Å². The largest absolute Gasteiger partial charge is 0.388 e. The van der Waals surface area contributed by atoms with E-state index in [1.54, 1.807) is 6.92 Å². The highest BCUT2D eigenvalue weighted by atomic mass is 16.7. The summed E-state index contributed by atoms with van der Waals surface area (Å²) in [6, 6.07) is 0. The van der Waals surface area contributed by atoms with Gasteiger partial charge in [-0.15, -0.1) is 0 Å². The van der Waals surface area contributed by atoms with Gasteiger partial charge in [0, 0.05) is 7.11 Å². The standard InChI is InChI=1S/C13H24O9/c1-4-6(14)8(16)10(18)12(20-4)22-11-9(17)7(15)5(2)21-13(11)19-3/h4-18H,1-3H3. The van der Waals surface area contributed by atoms with Crippen molar-refractivity contribution in [2.24, 2.45) is 0 Å². The number of aliphatic hydroxyl groups is 5. The molecule has 10 unspecified atom stereocenters. The lowest BCUT2D eigenvalue weighted by molar-refractivity contribution is -0.359. The molecule has 0 radical (unpaired) electrons. The van der Waals surface area contributed by atoms with E-state index in [1.807, 2.05) is 0 Å². The molecule has 2 fully saturated rings. The molecule has 130 valence electrons. The average molecular weight is 324 g/mol.